The Bertz CT molecular complexity index is 318. The average Bonchev–Trinajstić information content (AvgIpc) is 2.64. The molecule has 1 saturated carbocycles. The summed E-state index contributed by atoms with van der Waals surface area (Å²) in [5, 5.41) is 12.6. The van der Waals surface area contributed by atoms with Crippen molar-refractivity contribution in [3.05, 3.63) is 11.6 Å². The molecule has 0 aromatic rings. The lowest BCUT2D eigenvalue weighted by Crippen LogP contribution is -2.03. The fourth-order valence-electron chi connectivity index (χ4n) is 1.92. The lowest BCUT2D eigenvalue weighted by Gasteiger charge is -1.97. The molecule has 0 heterocycles. The zero-order chi connectivity index (χ0) is 11.6. The Morgan fingerprint density at radius 1 is 1.53 bits per heavy atom. The molecule has 0 aliphatic heterocycles. The first-order chi connectivity index (χ1) is 6.91. The Morgan fingerprint density at radius 3 is 2.53 bits per heavy atom. The van der Waals surface area contributed by atoms with E-state index < -0.39 is 5.97 Å². The second-order valence-electron chi connectivity index (χ2n) is 4.49. The summed E-state index contributed by atoms with van der Waals surface area (Å²) in [6, 6.07) is 0. The number of nitrogens with zero attached hydrogens (tertiary/aromatic N) is 1. The molecule has 0 aromatic carbocycles. The molecule has 1 N–H and O–H groups in total. The van der Waals surface area contributed by atoms with Crippen LogP contribution in [0.4, 0.5) is 0 Å². The van der Waals surface area contributed by atoms with Crippen LogP contribution in [0.3, 0.4) is 0 Å². The third-order valence-electron chi connectivity index (χ3n) is 2.98. The van der Waals surface area contributed by atoms with Crippen LogP contribution < -0.4 is 0 Å². The highest BCUT2D eigenvalue weighted by molar-refractivity contribution is 5.80. The number of allylic oxidation sites excluding steroid dienone is 2. The zero-order valence-electron chi connectivity index (χ0n) is 9.52. The molecule has 0 bridgehead atoms. The van der Waals surface area contributed by atoms with E-state index in [1.807, 2.05) is 26.8 Å². The van der Waals surface area contributed by atoms with Crippen molar-refractivity contribution in [1.29, 1.82) is 0 Å². The van der Waals surface area contributed by atoms with Crippen LogP contribution in [-0.2, 0) is 9.63 Å². The van der Waals surface area contributed by atoms with Crippen LogP contribution in [0, 0.1) is 17.3 Å². The van der Waals surface area contributed by atoms with Crippen molar-refractivity contribution in [3.8, 4) is 0 Å². The number of rotatable bonds is 4. The molecule has 84 valence electrons. The minimum absolute atomic E-state index is 0.0957. The maximum Gasteiger partial charge on any atom is 0.307 e. The Hall–Kier alpha value is -1.32. The number of aliphatic carboxylic acids is 1. The van der Waals surface area contributed by atoms with Gasteiger partial charge in [-0.2, -0.15) is 0 Å². The summed E-state index contributed by atoms with van der Waals surface area (Å²) >= 11 is 0. The molecule has 0 radical (unpaired) electrons. The zero-order valence-corrected chi connectivity index (χ0v) is 9.52. The maximum absolute atomic E-state index is 10.9. The van der Waals surface area contributed by atoms with Crippen LogP contribution in [0.5, 0.6) is 0 Å². The van der Waals surface area contributed by atoms with E-state index in [9.17, 15) is 4.79 Å². The van der Waals surface area contributed by atoms with Gasteiger partial charge in [-0.05, 0) is 23.8 Å². The summed E-state index contributed by atoms with van der Waals surface area (Å²) in [7, 11) is 1.48. The first-order valence-electron chi connectivity index (χ1n) is 4.89. The van der Waals surface area contributed by atoms with E-state index >= 15 is 0 Å². The van der Waals surface area contributed by atoms with Crippen molar-refractivity contribution in [2.45, 2.75) is 20.8 Å². The molecule has 0 saturated heterocycles. The van der Waals surface area contributed by atoms with Gasteiger partial charge < -0.3 is 9.94 Å². The number of oxime groups is 1. The van der Waals surface area contributed by atoms with Gasteiger partial charge in [-0.1, -0.05) is 25.1 Å². The summed E-state index contributed by atoms with van der Waals surface area (Å²) in [5.41, 5.74) is 0.784. The smallest absolute Gasteiger partial charge is 0.307 e. The predicted molar refractivity (Wildman–Crippen MR) is 57.7 cm³/mol. The molecule has 1 rings (SSSR count). The molecule has 1 fully saturated rings. The summed E-state index contributed by atoms with van der Waals surface area (Å²) in [5.74, 6) is -0.903. The SMILES string of the molecule is CON=C/C(C)=C/[C@@H]1[C@@H](C(=O)O)C1(C)C. The van der Waals surface area contributed by atoms with Gasteiger partial charge >= 0.3 is 5.97 Å². The Labute approximate surface area is 89.6 Å². The van der Waals surface area contributed by atoms with Crippen LogP contribution >= 0.6 is 0 Å². The minimum Gasteiger partial charge on any atom is -0.481 e. The van der Waals surface area contributed by atoms with Gasteiger partial charge in [-0.25, -0.2) is 0 Å². The lowest BCUT2D eigenvalue weighted by atomic mass is 10.1. The van der Waals surface area contributed by atoms with Gasteiger partial charge in [0.25, 0.3) is 0 Å². The number of hydrogen-bond donors (Lipinski definition) is 1. The number of hydrogen-bond acceptors (Lipinski definition) is 3. The molecule has 0 spiro atoms. The first-order valence-corrected chi connectivity index (χ1v) is 4.89. The van der Waals surface area contributed by atoms with E-state index in [0.29, 0.717) is 0 Å². The molecule has 0 amide bonds. The number of carboxylic acid groups (broad SMARTS) is 1. The van der Waals surface area contributed by atoms with Crippen LogP contribution in [0.1, 0.15) is 20.8 Å². The van der Waals surface area contributed by atoms with Gasteiger partial charge in [0, 0.05) is 0 Å². The third-order valence-corrected chi connectivity index (χ3v) is 2.98. The number of carboxylic acids is 1. The van der Waals surface area contributed by atoms with Crippen molar-refractivity contribution in [2.24, 2.45) is 22.4 Å². The van der Waals surface area contributed by atoms with E-state index in [4.69, 9.17) is 5.11 Å². The van der Waals surface area contributed by atoms with Crippen LogP contribution in [0.15, 0.2) is 16.8 Å². The Balaban J connectivity index is 2.69. The minimum atomic E-state index is -0.724. The van der Waals surface area contributed by atoms with Crippen LogP contribution in [-0.4, -0.2) is 24.4 Å². The van der Waals surface area contributed by atoms with Crippen molar-refractivity contribution in [3.63, 3.8) is 0 Å². The second kappa shape index (κ2) is 4.04. The summed E-state index contributed by atoms with van der Waals surface area (Å²) in [6.07, 6.45) is 3.54. The maximum atomic E-state index is 10.9. The average molecular weight is 211 g/mol. The van der Waals surface area contributed by atoms with Crippen LogP contribution in [0.2, 0.25) is 0 Å². The molecule has 0 unspecified atom stereocenters. The normalized spacial score (nSPS) is 29.2. The monoisotopic (exact) mass is 211 g/mol. The molecule has 15 heavy (non-hydrogen) atoms. The van der Waals surface area contributed by atoms with Gasteiger partial charge in [-0.3, -0.25) is 4.79 Å². The first kappa shape index (κ1) is 11.8. The van der Waals surface area contributed by atoms with Gasteiger partial charge in [0.1, 0.15) is 7.11 Å². The van der Waals surface area contributed by atoms with Crippen molar-refractivity contribution in [1.82, 2.24) is 0 Å². The molecule has 0 aromatic heterocycles. The molecular formula is C11H17NO3. The molecule has 4 heteroatoms. The summed E-state index contributed by atoms with van der Waals surface area (Å²) in [6.45, 7) is 5.82. The molecule has 1 aliphatic rings. The van der Waals surface area contributed by atoms with E-state index in [1.54, 1.807) is 6.21 Å². The van der Waals surface area contributed by atoms with Crippen molar-refractivity contribution < 1.29 is 14.7 Å². The third kappa shape index (κ3) is 2.37. The fourth-order valence-corrected chi connectivity index (χ4v) is 1.92. The highest BCUT2D eigenvalue weighted by Crippen LogP contribution is 2.59. The van der Waals surface area contributed by atoms with Gasteiger partial charge in [0.05, 0.1) is 12.1 Å². The predicted octanol–water partition coefficient (Wildman–Crippen LogP) is 1.92. The highest BCUT2D eigenvalue weighted by Gasteiger charge is 2.60. The molecular weight excluding hydrogens is 194 g/mol. The van der Waals surface area contributed by atoms with Crippen molar-refractivity contribution >= 4 is 12.2 Å². The Kier molecular flexibility index (Phi) is 3.17. The Morgan fingerprint density at radius 2 is 2.13 bits per heavy atom. The highest BCUT2D eigenvalue weighted by atomic mass is 16.6. The lowest BCUT2D eigenvalue weighted by molar-refractivity contribution is -0.139. The molecule has 2 atom stereocenters. The largest absolute Gasteiger partial charge is 0.481 e. The van der Waals surface area contributed by atoms with E-state index in [-0.39, 0.29) is 17.3 Å². The van der Waals surface area contributed by atoms with E-state index in [2.05, 4.69) is 9.99 Å². The van der Waals surface area contributed by atoms with E-state index in [0.717, 1.165) is 5.57 Å². The van der Waals surface area contributed by atoms with Gasteiger partial charge in [0.15, 0.2) is 0 Å². The standard InChI is InChI=1S/C11H17NO3/c1-7(6-12-15-4)5-8-9(10(13)14)11(8,2)3/h5-6,8-9H,1-4H3,(H,13,14)/b7-5+,12-6?/t8-,9+/m1/s1. The number of carbonyl (C=O) groups is 1. The van der Waals surface area contributed by atoms with E-state index in [1.165, 1.54) is 7.11 Å². The van der Waals surface area contributed by atoms with Crippen LogP contribution in [0.25, 0.3) is 0 Å². The quantitative estimate of drug-likeness (QED) is 0.571. The second-order valence-corrected chi connectivity index (χ2v) is 4.49. The van der Waals surface area contributed by atoms with Gasteiger partial charge in [0.2, 0.25) is 0 Å². The summed E-state index contributed by atoms with van der Waals surface area (Å²) in [4.78, 5) is 15.4. The fraction of sp³-hybridized carbons (Fsp3) is 0.636. The topological polar surface area (TPSA) is 58.9 Å². The summed E-state index contributed by atoms with van der Waals surface area (Å²) < 4.78 is 0. The van der Waals surface area contributed by atoms with Crippen molar-refractivity contribution in [2.75, 3.05) is 7.11 Å². The molecule has 4 nitrogen and oxygen atoms in total. The van der Waals surface area contributed by atoms with Gasteiger partial charge in [-0.15, -0.1) is 0 Å². The molecule has 1 aliphatic carbocycles.